The Hall–Kier alpha value is -1.92. The van der Waals surface area contributed by atoms with Crippen LogP contribution < -0.4 is 10.2 Å². The number of ether oxygens (including phenoxy) is 1. The summed E-state index contributed by atoms with van der Waals surface area (Å²) in [4.78, 5) is 18.6. The van der Waals surface area contributed by atoms with Crippen molar-refractivity contribution in [2.75, 3.05) is 36.5 Å². The summed E-state index contributed by atoms with van der Waals surface area (Å²) in [5.41, 5.74) is 2.01. The molecule has 0 radical (unpaired) electrons. The second-order valence-electron chi connectivity index (χ2n) is 5.36. The quantitative estimate of drug-likeness (QED) is 0.892. The van der Waals surface area contributed by atoms with E-state index >= 15 is 0 Å². The topological polar surface area (TPSA) is 54.5 Å². The number of aromatic nitrogens is 1. The first kappa shape index (κ1) is 16.0. The molecule has 0 saturated carbocycles. The van der Waals surface area contributed by atoms with Crippen LogP contribution in [0.15, 0.2) is 47.1 Å². The van der Waals surface area contributed by atoms with Gasteiger partial charge in [-0.2, -0.15) is 0 Å². The maximum atomic E-state index is 12.1. The van der Waals surface area contributed by atoms with Crippen molar-refractivity contribution < 1.29 is 9.53 Å². The number of hydrogen-bond acceptors (Lipinski definition) is 4. The van der Waals surface area contributed by atoms with Gasteiger partial charge in [0.2, 0.25) is 5.91 Å². The van der Waals surface area contributed by atoms with Gasteiger partial charge in [0.1, 0.15) is 5.82 Å². The molecule has 1 aromatic heterocycles. The standard InChI is InChI=1S/C17H18BrN3O2/c18-14-3-1-2-13(10-14)11-17(22)20-16-5-4-15(12-19-16)21-6-8-23-9-7-21/h1-5,10,12H,6-9,11H2,(H,19,20,22). The normalized spacial score (nSPS) is 14.6. The monoisotopic (exact) mass is 375 g/mol. The number of benzene rings is 1. The van der Waals surface area contributed by atoms with E-state index in [1.165, 1.54) is 0 Å². The molecule has 1 aliphatic heterocycles. The summed E-state index contributed by atoms with van der Waals surface area (Å²) in [5, 5.41) is 2.83. The van der Waals surface area contributed by atoms with Gasteiger partial charge in [0.15, 0.2) is 0 Å². The van der Waals surface area contributed by atoms with Crippen LogP contribution in [-0.4, -0.2) is 37.2 Å². The Kier molecular flexibility index (Phi) is 5.25. The Morgan fingerprint density at radius 3 is 2.78 bits per heavy atom. The number of halogens is 1. The Morgan fingerprint density at radius 1 is 1.26 bits per heavy atom. The second-order valence-corrected chi connectivity index (χ2v) is 6.27. The Morgan fingerprint density at radius 2 is 2.09 bits per heavy atom. The maximum absolute atomic E-state index is 12.1. The number of amides is 1. The summed E-state index contributed by atoms with van der Waals surface area (Å²) in [6.45, 7) is 3.22. The molecule has 0 spiro atoms. The van der Waals surface area contributed by atoms with Crippen LogP contribution in [0.2, 0.25) is 0 Å². The highest BCUT2D eigenvalue weighted by Crippen LogP contribution is 2.17. The summed E-state index contributed by atoms with van der Waals surface area (Å²) in [5.74, 6) is 0.497. The maximum Gasteiger partial charge on any atom is 0.229 e. The molecule has 3 rings (SSSR count). The Balaban J connectivity index is 1.58. The molecule has 1 saturated heterocycles. The molecule has 6 heteroatoms. The van der Waals surface area contributed by atoms with E-state index < -0.39 is 0 Å². The summed E-state index contributed by atoms with van der Waals surface area (Å²) in [6, 6.07) is 11.5. The molecule has 0 atom stereocenters. The predicted molar refractivity (Wildman–Crippen MR) is 93.7 cm³/mol. The van der Waals surface area contributed by atoms with Crippen LogP contribution in [-0.2, 0) is 16.0 Å². The predicted octanol–water partition coefficient (Wildman–Crippen LogP) is 2.86. The first-order valence-electron chi connectivity index (χ1n) is 7.54. The summed E-state index contributed by atoms with van der Waals surface area (Å²) < 4.78 is 6.31. The summed E-state index contributed by atoms with van der Waals surface area (Å²) in [6.07, 6.45) is 2.12. The van der Waals surface area contributed by atoms with Gasteiger partial charge in [-0.25, -0.2) is 4.98 Å². The van der Waals surface area contributed by atoms with Gasteiger partial charge < -0.3 is 15.0 Å². The van der Waals surface area contributed by atoms with Crippen LogP contribution in [0.1, 0.15) is 5.56 Å². The van der Waals surface area contributed by atoms with E-state index in [1.807, 2.05) is 36.4 Å². The van der Waals surface area contributed by atoms with E-state index in [9.17, 15) is 4.79 Å². The fourth-order valence-corrected chi connectivity index (χ4v) is 2.93. The van der Waals surface area contributed by atoms with Crippen molar-refractivity contribution >= 4 is 33.3 Å². The zero-order chi connectivity index (χ0) is 16.1. The van der Waals surface area contributed by atoms with Crippen LogP contribution >= 0.6 is 15.9 Å². The fourth-order valence-electron chi connectivity index (χ4n) is 2.49. The molecular formula is C17H18BrN3O2. The van der Waals surface area contributed by atoms with Crippen LogP contribution in [0.3, 0.4) is 0 Å². The lowest BCUT2D eigenvalue weighted by molar-refractivity contribution is -0.115. The molecular weight excluding hydrogens is 358 g/mol. The smallest absolute Gasteiger partial charge is 0.229 e. The van der Waals surface area contributed by atoms with Crippen molar-refractivity contribution in [1.82, 2.24) is 4.98 Å². The fraction of sp³-hybridized carbons (Fsp3) is 0.294. The summed E-state index contributed by atoms with van der Waals surface area (Å²) >= 11 is 3.41. The number of carbonyl (C=O) groups excluding carboxylic acids is 1. The van der Waals surface area contributed by atoms with Crippen molar-refractivity contribution in [2.45, 2.75) is 6.42 Å². The molecule has 2 heterocycles. The number of carbonyl (C=O) groups is 1. The van der Waals surface area contributed by atoms with Gasteiger partial charge in [-0.1, -0.05) is 28.1 Å². The van der Waals surface area contributed by atoms with Gasteiger partial charge in [0.25, 0.3) is 0 Å². The van der Waals surface area contributed by atoms with Crippen molar-refractivity contribution in [2.24, 2.45) is 0 Å². The molecule has 0 unspecified atom stereocenters. The van der Waals surface area contributed by atoms with Crippen molar-refractivity contribution in [3.8, 4) is 0 Å². The molecule has 1 fully saturated rings. The average Bonchev–Trinajstić information content (AvgIpc) is 2.56. The third kappa shape index (κ3) is 4.53. The SMILES string of the molecule is O=C(Cc1cccc(Br)c1)Nc1ccc(N2CCOCC2)cn1. The van der Waals surface area contributed by atoms with Gasteiger partial charge >= 0.3 is 0 Å². The zero-order valence-corrected chi connectivity index (χ0v) is 14.3. The van der Waals surface area contributed by atoms with Crippen LogP contribution in [0, 0.1) is 0 Å². The lowest BCUT2D eigenvalue weighted by atomic mass is 10.1. The highest BCUT2D eigenvalue weighted by molar-refractivity contribution is 9.10. The van der Waals surface area contributed by atoms with Gasteiger partial charge in [-0.05, 0) is 29.8 Å². The van der Waals surface area contributed by atoms with E-state index in [1.54, 1.807) is 6.20 Å². The number of nitrogens with one attached hydrogen (secondary N) is 1. The third-order valence-corrected chi connectivity index (χ3v) is 4.14. The molecule has 1 aliphatic rings. The molecule has 1 N–H and O–H groups in total. The highest BCUT2D eigenvalue weighted by Gasteiger charge is 2.12. The Labute approximate surface area is 143 Å². The minimum absolute atomic E-state index is 0.0743. The Bertz CT molecular complexity index is 670. The van der Waals surface area contributed by atoms with Crippen molar-refractivity contribution in [3.05, 3.63) is 52.6 Å². The number of rotatable bonds is 4. The molecule has 120 valence electrons. The number of morpholine rings is 1. The molecule has 23 heavy (non-hydrogen) atoms. The van der Waals surface area contributed by atoms with E-state index in [4.69, 9.17) is 4.74 Å². The number of nitrogens with zero attached hydrogens (tertiary/aromatic N) is 2. The van der Waals surface area contributed by atoms with E-state index in [2.05, 4.69) is 31.1 Å². The first-order valence-corrected chi connectivity index (χ1v) is 8.33. The van der Waals surface area contributed by atoms with Crippen molar-refractivity contribution in [1.29, 1.82) is 0 Å². The third-order valence-electron chi connectivity index (χ3n) is 3.65. The number of anilines is 2. The molecule has 1 aromatic carbocycles. The lowest BCUT2D eigenvalue weighted by Crippen LogP contribution is -2.36. The molecule has 1 amide bonds. The van der Waals surface area contributed by atoms with E-state index in [0.717, 1.165) is 42.0 Å². The van der Waals surface area contributed by atoms with Gasteiger partial charge in [-0.3, -0.25) is 4.79 Å². The molecule has 5 nitrogen and oxygen atoms in total. The van der Waals surface area contributed by atoms with E-state index in [-0.39, 0.29) is 5.91 Å². The lowest BCUT2D eigenvalue weighted by Gasteiger charge is -2.28. The minimum Gasteiger partial charge on any atom is -0.378 e. The largest absolute Gasteiger partial charge is 0.378 e. The first-order chi connectivity index (χ1) is 11.2. The average molecular weight is 376 g/mol. The number of pyridine rings is 1. The zero-order valence-electron chi connectivity index (χ0n) is 12.7. The molecule has 0 aliphatic carbocycles. The second kappa shape index (κ2) is 7.57. The highest BCUT2D eigenvalue weighted by atomic mass is 79.9. The molecule has 0 bridgehead atoms. The van der Waals surface area contributed by atoms with Crippen LogP contribution in [0.5, 0.6) is 0 Å². The number of hydrogen-bond donors (Lipinski definition) is 1. The van der Waals surface area contributed by atoms with Gasteiger partial charge in [0, 0.05) is 17.6 Å². The molecule has 2 aromatic rings. The van der Waals surface area contributed by atoms with Gasteiger partial charge in [0.05, 0.1) is 31.5 Å². The van der Waals surface area contributed by atoms with Gasteiger partial charge in [-0.15, -0.1) is 0 Å². The van der Waals surface area contributed by atoms with Crippen LogP contribution in [0.25, 0.3) is 0 Å². The minimum atomic E-state index is -0.0743. The summed E-state index contributed by atoms with van der Waals surface area (Å²) in [7, 11) is 0. The van der Waals surface area contributed by atoms with Crippen LogP contribution in [0.4, 0.5) is 11.5 Å². The van der Waals surface area contributed by atoms with Crippen molar-refractivity contribution in [3.63, 3.8) is 0 Å². The van der Waals surface area contributed by atoms with E-state index in [0.29, 0.717) is 12.2 Å².